The Labute approximate surface area is 109 Å². The molecule has 0 heterocycles. The fourth-order valence-corrected chi connectivity index (χ4v) is 1.95. The molecule has 4 heteroatoms. The van der Waals surface area contributed by atoms with Gasteiger partial charge >= 0.3 is 0 Å². The van der Waals surface area contributed by atoms with E-state index < -0.39 is 5.82 Å². The molecule has 0 aliphatic heterocycles. The van der Waals surface area contributed by atoms with Crippen LogP contribution in [0, 0.1) is 11.6 Å². The summed E-state index contributed by atoms with van der Waals surface area (Å²) in [7, 11) is 1.80. The van der Waals surface area contributed by atoms with Crippen molar-refractivity contribution in [2.45, 2.75) is 6.54 Å². The molecular formula is C14H12ClF2N. The molecule has 2 aromatic rings. The molecule has 0 radical (unpaired) electrons. The number of rotatable bonds is 3. The maximum absolute atomic E-state index is 13.9. The molecule has 2 rings (SSSR count). The highest BCUT2D eigenvalue weighted by Crippen LogP contribution is 2.27. The van der Waals surface area contributed by atoms with E-state index in [4.69, 9.17) is 11.6 Å². The molecule has 0 unspecified atom stereocenters. The second-order valence-corrected chi connectivity index (χ2v) is 4.38. The Bertz CT molecular complexity index is 570. The second-order valence-electron chi connectivity index (χ2n) is 3.97. The predicted octanol–water partition coefficient (Wildman–Crippen LogP) is 4.00. The Kier molecular flexibility index (Phi) is 3.94. The fraction of sp³-hybridized carbons (Fsp3) is 0.143. The lowest BCUT2D eigenvalue weighted by atomic mass is 10.0. The summed E-state index contributed by atoms with van der Waals surface area (Å²) in [5.74, 6) is -0.849. The lowest BCUT2D eigenvalue weighted by Crippen LogP contribution is -2.05. The summed E-state index contributed by atoms with van der Waals surface area (Å²) in [5.41, 5.74) is 1.83. The van der Waals surface area contributed by atoms with E-state index in [-0.39, 0.29) is 10.8 Å². The first-order valence-electron chi connectivity index (χ1n) is 5.50. The van der Waals surface area contributed by atoms with Gasteiger partial charge in [0, 0.05) is 12.1 Å². The van der Waals surface area contributed by atoms with Crippen LogP contribution in [0.25, 0.3) is 11.1 Å². The fourth-order valence-electron chi connectivity index (χ4n) is 1.77. The lowest BCUT2D eigenvalue weighted by Gasteiger charge is -2.07. The first kappa shape index (κ1) is 13.0. The maximum Gasteiger partial charge on any atom is 0.141 e. The van der Waals surface area contributed by atoms with Crippen molar-refractivity contribution in [3.8, 4) is 11.1 Å². The summed E-state index contributed by atoms with van der Waals surface area (Å²) in [5, 5.41) is 2.94. The zero-order chi connectivity index (χ0) is 13.1. The van der Waals surface area contributed by atoms with Crippen molar-refractivity contribution in [2.24, 2.45) is 0 Å². The van der Waals surface area contributed by atoms with Crippen LogP contribution in [0.1, 0.15) is 5.56 Å². The molecule has 0 saturated carbocycles. The van der Waals surface area contributed by atoms with Gasteiger partial charge in [-0.2, -0.15) is 0 Å². The van der Waals surface area contributed by atoms with E-state index >= 15 is 0 Å². The normalized spacial score (nSPS) is 10.7. The highest BCUT2D eigenvalue weighted by Gasteiger charge is 2.08. The molecule has 0 fully saturated rings. The van der Waals surface area contributed by atoms with Crippen LogP contribution in [0.3, 0.4) is 0 Å². The smallest absolute Gasteiger partial charge is 0.141 e. The molecule has 2 aromatic carbocycles. The minimum Gasteiger partial charge on any atom is -0.316 e. The predicted molar refractivity (Wildman–Crippen MR) is 69.6 cm³/mol. The van der Waals surface area contributed by atoms with E-state index in [0.717, 1.165) is 5.56 Å². The highest BCUT2D eigenvalue weighted by molar-refractivity contribution is 6.31. The van der Waals surface area contributed by atoms with Gasteiger partial charge in [-0.05, 0) is 36.4 Å². The van der Waals surface area contributed by atoms with Crippen molar-refractivity contribution in [3.63, 3.8) is 0 Å². The first-order chi connectivity index (χ1) is 8.61. The average Bonchev–Trinajstić information content (AvgIpc) is 2.34. The molecular weight excluding hydrogens is 256 g/mol. The van der Waals surface area contributed by atoms with Crippen LogP contribution in [0.2, 0.25) is 5.02 Å². The molecule has 0 aromatic heterocycles. The molecule has 0 aliphatic rings. The number of halogens is 3. The topological polar surface area (TPSA) is 12.0 Å². The van der Waals surface area contributed by atoms with Crippen LogP contribution >= 0.6 is 11.6 Å². The average molecular weight is 268 g/mol. The van der Waals surface area contributed by atoms with Gasteiger partial charge < -0.3 is 5.32 Å². The maximum atomic E-state index is 13.9. The molecule has 0 spiro atoms. The van der Waals surface area contributed by atoms with Crippen molar-refractivity contribution in [1.82, 2.24) is 5.32 Å². The summed E-state index contributed by atoms with van der Waals surface area (Å²) in [6.45, 7) is 0.599. The summed E-state index contributed by atoms with van der Waals surface area (Å²) in [6.07, 6.45) is 0. The summed E-state index contributed by atoms with van der Waals surface area (Å²) >= 11 is 5.69. The van der Waals surface area contributed by atoms with Crippen LogP contribution in [-0.4, -0.2) is 7.05 Å². The van der Waals surface area contributed by atoms with E-state index in [2.05, 4.69) is 5.32 Å². The van der Waals surface area contributed by atoms with Crippen molar-refractivity contribution in [1.29, 1.82) is 0 Å². The molecule has 18 heavy (non-hydrogen) atoms. The molecule has 0 saturated heterocycles. The molecule has 0 bridgehead atoms. The van der Waals surface area contributed by atoms with Gasteiger partial charge in [-0.15, -0.1) is 0 Å². The number of nitrogens with one attached hydrogen (secondary N) is 1. The van der Waals surface area contributed by atoms with Crippen molar-refractivity contribution >= 4 is 11.6 Å². The zero-order valence-electron chi connectivity index (χ0n) is 9.81. The van der Waals surface area contributed by atoms with Crippen LogP contribution < -0.4 is 5.32 Å². The largest absolute Gasteiger partial charge is 0.316 e. The number of hydrogen-bond acceptors (Lipinski definition) is 1. The molecule has 1 nitrogen and oxygen atoms in total. The van der Waals surface area contributed by atoms with Crippen LogP contribution in [0.4, 0.5) is 8.78 Å². The molecule has 94 valence electrons. The summed E-state index contributed by atoms with van der Waals surface area (Å²) in [4.78, 5) is 0. The minimum absolute atomic E-state index is 0.00815. The van der Waals surface area contributed by atoms with Crippen molar-refractivity contribution < 1.29 is 8.78 Å². The Hall–Kier alpha value is -1.45. The van der Waals surface area contributed by atoms with Gasteiger partial charge in [0.2, 0.25) is 0 Å². The van der Waals surface area contributed by atoms with Crippen molar-refractivity contribution in [3.05, 3.63) is 58.6 Å². The zero-order valence-corrected chi connectivity index (χ0v) is 10.6. The standard InChI is InChI=1S/C14H12ClF2N/c1-18-8-9-2-4-11(14(17)6-9)10-3-5-13(16)12(15)7-10/h2-7,18H,8H2,1H3. The van der Waals surface area contributed by atoms with Gasteiger partial charge in [-0.1, -0.05) is 29.8 Å². The molecule has 0 aliphatic carbocycles. The Balaban J connectivity index is 2.41. The van der Waals surface area contributed by atoms with E-state index in [1.165, 1.54) is 24.3 Å². The monoisotopic (exact) mass is 267 g/mol. The quantitative estimate of drug-likeness (QED) is 0.886. The third-order valence-corrected chi connectivity index (χ3v) is 2.93. The first-order valence-corrected chi connectivity index (χ1v) is 5.88. The van der Waals surface area contributed by atoms with Crippen LogP contribution in [0.5, 0.6) is 0 Å². The van der Waals surface area contributed by atoms with Gasteiger partial charge in [0.05, 0.1) is 5.02 Å². The minimum atomic E-state index is -0.507. The van der Waals surface area contributed by atoms with Gasteiger partial charge in [-0.3, -0.25) is 0 Å². The van der Waals surface area contributed by atoms with Crippen molar-refractivity contribution in [2.75, 3.05) is 7.05 Å². The van der Waals surface area contributed by atoms with E-state index in [9.17, 15) is 8.78 Å². The van der Waals surface area contributed by atoms with Gasteiger partial charge in [0.25, 0.3) is 0 Å². The molecule has 0 atom stereocenters. The van der Waals surface area contributed by atoms with Gasteiger partial charge in [-0.25, -0.2) is 8.78 Å². The molecule has 0 amide bonds. The Morgan fingerprint density at radius 3 is 2.44 bits per heavy atom. The van der Waals surface area contributed by atoms with Gasteiger partial charge in [0.15, 0.2) is 0 Å². The highest BCUT2D eigenvalue weighted by atomic mass is 35.5. The second kappa shape index (κ2) is 5.46. The lowest BCUT2D eigenvalue weighted by molar-refractivity contribution is 0.624. The third-order valence-electron chi connectivity index (χ3n) is 2.65. The number of hydrogen-bond donors (Lipinski definition) is 1. The molecule has 1 N–H and O–H groups in total. The Morgan fingerprint density at radius 2 is 1.83 bits per heavy atom. The summed E-state index contributed by atoms with van der Waals surface area (Å²) in [6, 6.07) is 9.13. The van der Waals surface area contributed by atoms with E-state index in [0.29, 0.717) is 17.7 Å². The SMILES string of the molecule is CNCc1ccc(-c2ccc(F)c(Cl)c2)c(F)c1. The van der Waals surface area contributed by atoms with E-state index in [1.54, 1.807) is 13.1 Å². The number of benzene rings is 2. The van der Waals surface area contributed by atoms with Crippen LogP contribution in [-0.2, 0) is 6.54 Å². The Morgan fingerprint density at radius 1 is 1.06 bits per heavy atom. The third kappa shape index (κ3) is 2.68. The van der Waals surface area contributed by atoms with E-state index in [1.807, 2.05) is 6.07 Å². The van der Waals surface area contributed by atoms with Gasteiger partial charge in [0.1, 0.15) is 11.6 Å². The van der Waals surface area contributed by atoms with Crippen LogP contribution in [0.15, 0.2) is 36.4 Å². The summed E-state index contributed by atoms with van der Waals surface area (Å²) < 4.78 is 27.0.